The van der Waals surface area contributed by atoms with Gasteiger partial charge in [0.05, 0.1) is 6.54 Å². The third kappa shape index (κ3) is 5.62. The molecule has 196 valence electrons. The van der Waals surface area contributed by atoms with Gasteiger partial charge in [-0.15, -0.1) is 0 Å². The van der Waals surface area contributed by atoms with E-state index in [1.165, 1.54) is 0 Å². The summed E-state index contributed by atoms with van der Waals surface area (Å²) in [7, 11) is 0. The molecule has 0 aliphatic rings. The van der Waals surface area contributed by atoms with Gasteiger partial charge in [0.25, 0.3) is 0 Å². The zero-order valence-electron chi connectivity index (χ0n) is 20.8. The normalized spacial score (nSPS) is 10.9. The maximum absolute atomic E-state index is 13.2. The van der Waals surface area contributed by atoms with E-state index in [0.29, 0.717) is 22.5 Å². The molecule has 5 aromatic rings. The lowest BCUT2D eigenvalue weighted by Crippen LogP contribution is -2.32. The number of esters is 1. The van der Waals surface area contributed by atoms with Gasteiger partial charge in [-0.2, -0.15) is 0 Å². The molecule has 0 saturated carbocycles. The quantitative estimate of drug-likeness (QED) is 0.0990. The van der Waals surface area contributed by atoms with E-state index >= 15 is 0 Å². The van der Waals surface area contributed by atoms with Gasteiger partial charge in [-0.1, -0.05) is 36.4 Å². The van der Waals surface area contributed by atoms with Crippen molar-refractivity contribution >= 4 is 39.5 Å². The number of aromatic nitrogens is 3. The largest absolute Gasteiger partial charge is 0.459 e. The van der Waals surface area contributed by atoms with E-state index < -0.39 is 12.0 Å². The molecule has 0 bridgehead atoms. The predicted octanol–water partition coefficient (Wildman–Crippen LogP) is 3.53. The monoisotopic (exact) mass is 523 g/mol. The molecule has 0 saturated heterocycles. The van der Waals surface area contributed by atoms with Crippen LogP contribution in [0, 0.1) is 5.41 Å². The van der Waals surface area contributed by atoms with Crippen LogP contribution in [0.25, 0.3) is 21.7 Å². The number of carbonyl (C=O) groups is 2. The summed E-state index contributed by atoms with van der Waals surface area (Å²) >= 11 is 0. The Labute approximate surface area is 222 Å². The minimum absolute atomic E-state index is 0.0503. The second kappa shape index (κ2) is 10.9. The number of hydrogen-bond acceptors (Lipinski definition) is 7. The van der Waals surface area contributed by atoms with E-state index in [1.807, 2.05) is 41.0 Å². The van der Waals surface area contributed by atoms with Crippen LogP contribution in [0.15, 0.2) is 79.1 Å². The first-order valence-electron chi connectivity index (χ1n) is 12.0. The van der Waals surface area contributed by atoms with E-state index in [4.69, 9.17) is 26.4 Å². The van der Waals surface area contributed by atoms with Crippen molar-refractivity contribution in [1.82, 2.24) is 19.9 Å². The summed E-state index contributed by atoms with van der Waals surface area (Å²) in [4.78, 5) is 32.4. The van der Waals surface area contributed by atoms with E-state index in [9.17, 15) is 9.59 Å². The Morgan fingerprint density at radius 3 is 2.51 bits per heavy atom. The fraction of sp³-hybridized carbons (Fsp3) is 0.107. The topological polar surface area (TPSA) is 171 Å². The van der Waals surface area contributed by atoms with Crippen LogP contribution in [0.3, 0.4) is 0 Å². The molecule has 0 fully saturated rings. The molecule has 11 nitrogen and oxygen atoms in total. The number of fused-ring (bicyclic) bond motifs is 2. The summed E-state index contributed by atoms with van der Waals surface area (Å²) in [5, 5.41) is 13.0. The minimum atomic E-state index is -0.702. The van der Waals surface area contributed by atoms with Gasteiger partial charge in [0, 0.05) is 35.4 Å². The molecule has 0 spiro atoms. The minimum Gasteiger partial charge on any atom is -0.459 e. The van der Waals surface area contributed by atoms with Crippen LogP contribution < -0.4 is 21.5 Å². The maximum Gasteiger partial charge on any atom is 0.355 e. The highest BCUT2D eigenvalue weighted by Crippen LogP contribution is 2.30. The van der Waals surface area contributed by atoms with E-state index in [0.717, 1.165) is 21.7 Å². The van der Waals surface area contributed by atoms with E-state index in [-0.39, 0.29) is 31.5 Å². The number of nitrogens with two attached hydrogens (primary N) is 2. The summed E-state index contributed by atoms with van der Waals surface area (Å²) in [6, 6.07) is 19.9. The zero-order valence-corrected chi connectivity index (χ0v) is 20.8. The Hall–Kier alpha value is -5.45. The number of urea groups is 1. The van der Waals surface area contributed by atoms with Crippen LogP contribution in [-0.4, -0.2) is 45.5 Å². The average Bonchev–Trinajstić information content (AvgIpc) is 3.29. The van der Waals surface area contributed by atoms with Crippen molar-refractivity contribution in [3.63, 3.8) is 0 Å². The van der Waals surface area contributed by atoms with Gasteiger partial charge in [0.2, 0.25) is 0 Å². The lowest BCUT2D eigenvalue weighted by Gasteiger charge is -2.15. The highest BCUT2D eigenvalue weighted by atomic mass is 16.5. The molecular formula is C28H25N7O4. The fourth-order valence-corrected chi connectivity index (χ4v) is 4.32. The van der Waals surface area contributed by atoms with Gasteiger partial charge in [0.1, 0.15) is 23.9 Å². The summed E-state index contributed by atoms with van der Waals surface area (Å²) in [5.74, 6) is -0.122. The molecule has 2 heterocycles. The van der Waals surface area contributed by atoms with Crippen LogP contribution in [0.2, 0.25) is 0 Å². The summed E-state index contributed by atoms with van der Waals surface area (Å²) < 4.78 is 13.2. The van der Waals surface area contributed by atoms with Gasteiger partial charge in [-0.3, -0.25) is 5.41 Å². The number of amides is 2. The second-order valence-corrected chi connectivity index (χ2v) is 8.67. The number of nitrogen functional groups attached to an aromatic ring is 1. The molecule has 39 heavy (non-hydrogen) atoms. The highest BCUT2D eigenvalue weighted by Gasteiger charge is 2.19. The first-order valence-corrected chi connectivity index (χ1v) is 12.0. The van der Waals surface area contributed by atoms with Crippen molar-refractivity contribution < 1.29 is 19.1 Å². The van der Waals surface area contributed by atoms with E-state index in [2.05, 4.69) is 15.3 Å². The number of ether oxygens (including phenoxy) is 2. The van der Waals surface area contributed by atoms with Gasteiger partial charge >= 0.3 is 18.0 Å². The van der Waals surface area contributed by atoms with Gasteiger partial charge in [0.15, 0.2) is 0 Å². The summed E-state index contributed by atoms with van der Waals surface area (Å²) in [6.07, 6.45) is 3.19. The van der Waals surface area contributed by atoms with Crippen molar-refractivity contribution in [3.8, 4) is 11.8 Å². The SMILES string of the molecule is N=C(N)c1ccc2cc(C(=O)OCCNC(N)=O)n(Cc3cc(Oc4ncccn4)cc4ccccc34)c2c1. The molecule has 0 aliphatic carbocycles. The Morgan fingerprint density at radius 1 is 0.949 bits per heavy atom. The summed E-state index contributed by atoms with van der Waals surface area (Å²) in [5.41, 5.74) is 13.2. The third-order valence-electron chi connectivity index (χ3n) is 6.06. The summed E-state index contributed by atoms with van der Waals surface area (Å²) in [6.45, 7) is 0.314. The Bertz CT molecular complexity index is 1700. The molecule has 0 atom stereocenters. The molecule has 2 aromatic heterocycles. The van der Waals surface area contributed by atoms with Crippen LogP contribution in [0.4, 0.5) is 4.79 Å². The Morgan fingerprint density at radius 2 is 1.74 bits per heavy atom. The number of rotatable bonds is 9. The van der Waals surface area contributed by atoms with Crippen molar-refractivity contribution in [2.75, 3.05) is 13.2 Å². The van der Waals surface area contributed by atoms with E-state index in [1.54, 1.807) is 42.7 Å². The highest BCUT2D eigenvalue weighted by molar-refractivity contribution is 6.01. The molecule has 3 aromatic carbocycles. The molecule has 11 heteroatoms. The standard InChI is InChI=1S/C28H25N7O4/c29-25(30)19-7-6-18-14-24(26(36)38-11-10-32-27(31)37)35(23(18)15-19)16-20-13-21(39-28-33-8-3-9-34-28)12-17-4-1-2-5-22(17)20/h1-9,12-15H,10-11,16H2,(H3,29,30)(H3,31,32,37). The Kier molecular flexibility index (Phi) is 7.04. The van der Waals surface area contributed by atoms with Crippen LogP contribution >= 0.6 is 0 Å². The molecule has 0 unspecified atom stereocenters. The van der Waals surface area contributed by atoms with Crippen LogP contribution in [0.5, 0.6) is 11.8 Å². The zero-order chi connectivity index (χ0) is 27.4. The number of carbonyl (C=O) groups excluding carboxylic acids is 2. The molecule has 2 amide bonds. The lowest BCUT2D eigenvalue weighted by atomic mass is 10.0. The van der Waals surface area contributed by atoms with Crippen LogP contribution in [-0.2, 0) is 11.3 Å². The van der Waals surface area contributed by atoms with Crippen LogP contribution in [0.1, 0.15) is 21.6 Å². The number of nitrogens with one attached hydrogen (secondary N) is 2. The second-order valence-electron chi connectivity index (χ2n) is 8.67. The molecule has 6 N–H and O–H groups in total. The van der Waals surface area contributed by atoms with Gasteiger partial charge in [-0.25, -0.2) is 19.6 Å². The molecule has 0 radical (unpaired) electrons. The molecule has 0 aliphatic heterocycles. The number of hydrogen-bond donors (Lipinski definition) is 4. The maximum atomic E-state index is 13.2. The fourth-order valence-electron chi connectivity index (χ4n) is 4.32. The number of nitrogens with zero attached hydrogens (tertiary/aromatic N) is 3. The number of primary amides is 1. The van der Waals surface area contributed by atoms with Gasteiger partial charge in [-0.05, 0) is 46.7 Å². The molecule has 5 rings (SSSR count). The lowest BCUT2D eigenvalue weighted by molar-refractivity contribution is 0.0499. The van der Waals surface area contributed by atoms with Crippen molar-refractivity contribution in [3.05, 3.63) is 95.9 Å². The first kappa shape index (κ1) is 25.2. The smallest absolute Gasteiger partial charge is 0.355 e. The number of amidine groups is 1. The van der Waals surface area contributed by atoms with Crippen molar-refractivity contribution in [2.45, 2.75) is 6.54 Å². The first-order chi connectivity index (χ1) is 18.9. The number of benzene rings is 3. The third-order valence-corrected chi connectivity index (χ3v) is 6.06. The van der Waals surface area contributed by atoms with Crippen molar-refractivity contribution in [1.29, 1.82) is 5.41 Å². The average molecular weight is 524 g/mol. The van der Waals surface area contributed by atoms with Crippen molar-refractivity contribution in [2.24, 2.45) is 11.5 Å². The van der Waals surface area contributed by atoms with Gasteiger partial charge < -0.3 is 30.8 Å². The molecular weight excluding hydrogens is 498 g/mol. The predicted molar refractivity (Wildman–Crippen MR) is 146 cm³/mol. The Balaban J connectivity index is 1.58.